The van der Waals surface area contributed by atoms with Gasteiger partial charge in [0.05, 0.1) is 24.1 Å². The van der Waals surface area contributed by atoms with Gasteiger partial charge in [-0.15, -0.1) is 0 Å². The van der Waals surface area contributed by atoms with E-state index in [4.69, 9.17) is 5.73 Å². The van der Waals surface area contributed by atoms with Crippen molar-refractivity contribution in [3.05, 3.63) is 71.8 Å². The molecule has 3 N–H and O–H groups in total. The largest absolute Gasteiger partial charge is 0.383 e. The molecule has 1 aliphatic heterocycles. The van der Waals surface area contributed by atoms with Gasteiger partial charge in [0.2, 0.25) is 0 Å². The Balaban J connectivity index is 1.74. The Morgan fingerprint density at radius 1 is 1.00 bits per heavy atom. The van der Waals surface area contributed by atoms with Crippen LogP contribution >= 0.6 is 0 Å². The van der Waals surface area contributed by atoms with Gasteiger partial charge in [0.25, 0.3) is 0 Å². The molecule has 0 spiro atoms. The lowest BCUT2D eigenvalue weighted by Crippen LogP contribution is -2.08. The molecule has 0 aliphatic carbocycles. The number of aromatic amines is 1. The third-order valence-corrected chi connectivity index (χ3v) is 5.01. The van der Waals surface area contributed by atoms with Crippen molar-refractivity contribution in [3.8, 4) is 22.4 Å². The number of rotatable bonds is 0. The number of fused-ring (bicyclic) bond motifs is 7. The van der Waals surface area contributed by atoms with Crippen LogP contribution < -0.4 is 5.73 Å². The molecule has 2 bridgehead atoms. The minimum absolute atomic E-state index is 0.596. The van der Waals surface area contributed by atoms with Gasteiger partial charge in [-0.2, -0.15) is 10.2 Å². The fourth-order valence-electron chi connectivity index (χ4n) is 3.65. The Hall–Kier alpha value is -3.41. The number of nitrogens with one attached hydrogen (secondary N) is 1. The fraction of sp³-hybridized carbons (Fsp3) is 0.150. The van der Waals surface area contributed by atoms with Gasteiger partial charge < -0.3 is 5.73 Å². The Kier molecular flexibility index (Phi) is 3.35. The summed E-state index contributed by atoms with van der Waals surface area (Å²) in [6, 6.07) is 12.7. The fourth-order valence-corrected chi connectivity index (χ4v) is 3.65. The van der Waals surface area contributed by atoms with Crippen LogP contribution in [0.3, 0.4) is 0 Å². The molecule has 5 rings (SSSR count). The van der Waals surface area contributed by atoms with Crippen LogP contribution in [0.1, 0.15) is 16.8 Å². The monoisotopic (exact) mass is 342 g/mol. The number of nitrogens with two attached hydrogens (primary N) is 1. The summed E-state index contributed by atoms with van der Waals surface area (Å²) in [6.07, 6.45) is 7.24. The molecule has 1 aromatic carbocycles. The molecule has 0 atom stereocenters. The van der Waals surface area contributed by atoms with Gasteiger partial charge >= 0.3 is 0 Å². The second-order valence-electron chi connectivity index (χ2n) is 6.56. The SMILES string of the molecule is Nc1ncc2cc1CCc1ccccc1-c1ccnn1Cc1[nH]ncc1-2. The maximum Gasteiger partial charge on any atom is 0.126 e. The smallest absolute Gasteiger partial charge is 0.126 e. The number of hydrogen-bond donors (Lipinski definition) is 2. The average molecular weight is 342 g/mol. The molecule has 0 amide bonds. The van der Waals surface area contributed by atoms with Crippen molar-refractivity contribution in [1.82, 2.24) is 25.0 Å². The zero-order valence-corrected chi connectivity index (χ0v) is 14.2. The highest BCUT2D eigenvalue weighted by Crippen LogP contribution is 2.30. The molecule has 26 heavy (non-hydrogen) atoms. The maximum atomic E-state index is 6.14. The summed E-state index contributed by atoms with van der Waals surface area (Å²) in [5, 5.41) is 11.9. The van der Waals surface area contributed by atoms with E-state index >= 15 is 0 Å². The predicted molar refractivity (Wildman–Crippen MR) is 100 cm³/mol. The number of aromatic nitrogens is 5. The molecule has 6 nitrogen and oxygen atoms in total. The van der Waals surface area contributed by atoms with Crippen LogP contribution in [-0.2, 0) is 19.4 Å². The van der Waals surface area contributed by atoms with E-state index in [-0.39, 0.29) is 0 Å². The number of benzene rings is 1. The number of H-pyrrole nitrogens is 1. The number of nitrogen functional groups attached to an aromatic ring is 1. The number of hydrogen-bond acceptors (Lipinski definition) is 4. The van der Waals surface area contributed by atoms with E-state index < -0.39 is 0 Å². The van der Waals surface area contributed by atoms with Crippen LogP contribution in [-0.4, -0.2) is 25.0 Å². The molecule has 1 aliphatic rings. The third kappa shape index (κ3) is 2.38. The van der Waals surface area contributed by atoms with Crippen LogP contribution in [0.4, 0.5) is 5.82 Å². The Morgan fingerprint density at radius 2 is 1.88 bits per heavy atom. The molecule has 128 valence electrons. The summed E-state index contributed by atoms with van der Waals surface area (Å²) in [4.78, 5) is 4.41. The van der Waals surface area contributed by atoms with Crippen LogP contribution in [0, 0.1) is 0 Å². The molecular weight excluding hydrogens is 324 g/mol. The highest BCUT2D eigenvalue weighted by Gasteiger charge is 2.16. The Labute approximate surface area is 150 Å². The Morgan fingerprint density at radius 3 is 2.85 bits per heavy atom. The normalized spacial score (nSPS) is 13.1. The highest BCUT2D eigenvalue weighted by atomic mass is 15.3. The van der Waals surface area contributed by atoms with Gasteiger partial charge in [-0.3, -0.25) is 9.78 Å². The molecule has 3 aromatic heterocycles. The third-order valence-electron chi connectivity index (χ3n) is 5.01. The molecule has 6 heteroatoms. The number of nitrogens with zero attached hydrogens (tertiary/aromatic N) is 4. The molecule has 0 saturated carbocycles. The maximum absolute atomic E-state index is 6.14. The average Bonchev–Trinajstić information content (AvgIpc) is 3.30. The summed E-state index contributed by atoms with van der Waals surface area (Å²) < 4.78 is 2.02. The van der Waals surface area contributed by atoms with Crippen molar-refractivity contribution in [3.63, 3.8) is 0 Å². The zero-order chi connectivity index (χ0) is 17.5. The van der Waals surface area contributed by atoms with Crippen molar-refractivity contribution in [1.29, 1.82) is 0 Å². The van der Waals surface area contributed by atoms with E-state index in [9.17, 15) is 0 Å². The number of pyridine rings is 1. The molecule has 4 heterocycles. The predicted octanol–water partition coefficient (Wildman–Crippen LogP) is 3.06. The first-order valence-corrected chi connectivity index (χ1v) is 8.67. The molecule has 0 radical (unpaired) electrons. The van der Waals surface area contributed by atoms with Gasteiger partial charge in [-0.25, -0.2) is 4.98 Å². The van der Waals surface area contributed by atoms with E-state index in [1.807, 2.05) is 23.3 Å². The van der Waals surface area contributed by atoms with Gasteiger partial charge in [-0.1, -0.05) is 24.3 Å². The first-order chi connectivity index (χ1) is 12.8. The number of aryl methyl sites for hydroxylation is 2. The second kappa shape index (κ2) is 5.84. The van der Waals surface area contributed by atoms with E-state index in [1.165, 1.54) is 11.1 Å². The van der Waals surface area contributed by atoms with Crippen LogP contribution in [0.5, 0.6) is 0 Å². The van der Waals surface area contributed by atoms with Gasteiger partial charge in [0, 0.05) is 29.1 Å². The standard InChI is InChI=1S/C20H18N6/c21-20-14-6-5-13-3-1-2-4-16(13)19-7-8-24-26(19)12-18-17(11-23-25-18)15(9-14)10-22-20/h1-4,7-11H,5-6,12H2,(H2,21,22)(H,23,25). The van der Waals surface area contributed by atoms with Crippen LogP contribution in [0.2, 0.25) is 0 Å². The quantitative estimate of drug-likeness (QED) is 0.514. The summed E-state index contributed by atoms with van der Waals surface area (Å²) in [5.41, 5.74) is 13.9. The molecule has 0 saturated heterocycles. The van der Waals surface area contributed by atoms with Gasteiger partial charge in [0.1, 0.15) is 5.82 Å². The zero-order valence-electron chi connectivity index (χ0n) is 14.2. The molecule has 4 aromatic rings. The van der Waals surface area contributed by atoms with Crippen molar-refractivity contribution >= 4 is 5.82 Å². The summed E-state index contributed by atoms with van der Waals surface area (Å²) in [5.74, 6) is 0.596. The second-order valence-corrected chi connectivity index (χ2v) is 6.56. The van der Waals surface area contributed by atoms with Gasteiger partial charge in [0.15, 0.2) is 0 Å². The van der Waals surface area contributed by atoms with E-state index in [0.29, 0.717) is 12.4 Å². The lowest BCUT2D eigenvalue weighted by Gasteiger charge is -2.15. The lowest BCUT2D eigenvalue weighted by molar-refractivity contribution is 0.677. The van der Waals surface area contributed by atoms with Crippen molar-refractivity contribution < 1.29 is 0 Å². The van der Waals surface area contributed by atoms with E-state index in [0.717, 1.165) is 40.9 Å². The molecule has 0 fully saturated rings. The topological polar surface area (TPSA) is 85.4 Å². The van der Waals surface area contributed by atoms with Crippen molar-refractivity contribution in [2.24, 2.45) is 0 Å². The first kappa shape index (κ1) is 14.9. The minimum atomic E-state index is 0.596. The lowest BCUT2D eigenvalue weighted by atomic mass is 9.96. The van der Waals surface area contributed by atoms with Crippen molar-refractivity contribution in [2.75, 3.05) is 5.73 Å². The van der Waals surface area contributed by atoms with Crippen molar-refractivity contribution in [2.45, 2.75) is 19.4 Å². The summed E-state index contributed by atoms with van der Waals surface area (Å²) in [6.45, 7) is 0.617. The molecule has 0 unspecified atom stereocenters. The van der Waals surface area contributed by atoms with Crippen LogP contribution in [0.25, 0.3) is 22.4 Å². The summed E-state index contributed by atoms with van der Waals surface area (Å²) >= 11 is 0. The van der Waals surface area contributed by atoms with E-state index in [1.54, 1.807) is 0 Å². The summed E-state index contributed by atoms with van der Waals surface area (Å²) in [7, 11) is 0. The highest BCUT2D eigenvalue weighted by molar-refractivity contribution is 5.68. The first-order valence-electron chi connectivity index (χ1n) is 8.67. The molecular formula is C20H18N6. The minimum Gasteiger partial charge on any atom is -0.383 e. The van der Waals surface area contributed by atoms with Gasteiger partial charge in [-0.05, 0) is 36.1 Å². The number of anilines is 1. The Bertz CT molecular complexity index is 1090. The van der Waals surface area contributed by atoms with Crippen LogP contribution in [0.15, 0.2) is 55.0 Å². The van der Waals surface area contributed by atoms with E-state index in [2.05, 4.69) is 56.7 Å².